The number of nitrogen functional groups attached to an aromatic ring is 1. The Kier molecular flexibility index (Phi) is 8.39. The Morgan fingerprint density at radius 2 is 1.76 bits per heavy atom. The monoisotopic (exact) mass is 519 g/mol. The maximum absolute atomic E-state index is 6.00. The summed E-state index contributed by atoms with van der Waals surface area (Å²) in [7, 11) is 4.03. The van der Waals surface area contributed by atoms with E-state index in [0.29, 0.717) is 17.9 Å². The van der Waals surface area contributed by atoms with E-state index in [-0.39, 0.29) is 0 Å². The van der Waals surface area contributed by atoms with Crippen LogP contribution in [-0.4, -0.2) is 71.2 Å². The number of unbranched alkanes of at least 4 members (excludes halogenated alkanes) is 2. The van der Waals surface area contributed by atoms with Gasteiger partial charge in [0.1, 0.15) is 11.3 Å². The van der Waals surface area contributed by atoms with Gasteiger partial charge in [-0.05, 0) is 88.4 Å². The number of hydrogen-bond donors (Lipinski definition) is 2. The zero-order valence-electron chi connectivity index (χ0n) is 23.5. The van der Waals surface area contributed by atoms with E-state index < -0.39 is 0 Å². The van der Waals surface area contributed by atoms with Gasteiger partial charge in [-0.25, -0.2) is 4.98 Å². The highest BCUT2D eigenvalue weighted by atomic mass is 16.5. The molecule has 8 nitrogen and oxygen atoms in total. The highest BCUT2D eigenvalue weighted by molar-refractivity contribution is 5.87. The minimum absolute atomic E-state index is 0.301. The van der Waals surface area contributed by atoms with Gasteiger partial charge in [-0.2, -0.15) is 4.98 Å². The fourth-order valence-electron chi connectivity index (χ4n) is 6.20. The molecule has 2 aromatic heterocycles. The van der Waals surface area contributed by atoms with Gasteiger partial charge < -0.3 is 25.3 Å². The molecule has 206 valence electrons. The molecule has 0 aliphatic carbocycles. The van der Waals surface area contributed by atoms with E-state index in [1.165, 1.54) is 70.3 Å². The Hall–Kier alpha value is -2.84. The van der Waals surface area contributed by atoms with E-state index in [2.05, 4.69) is 68.0 Å². The maximum Gasteiger partial charge on any atom is 0.222 e. The van der Waals surface area contributed by atoms with Crippen molar-refractivity contribution in [2.24, 2.45) is 5.41 Å². The zero-order chi connectivity index (χ0) is 26.5. The molecule has 0 saturated carbocycles. The first-order chi connectivity index (χ1) is 18.5. The van der Waals surface area contributed by atoms with Gasteiger partial charge in [0.15, 0.2) is 5.82 Å². The Labute approximate surface area is 227 Å². The lowest BCUT2D eigenvalue weighted by Gasteiger charge is -2.46. The van der Waals surface area contributed by atoms with Crippen molar-refractivity contribution in [3.05, 3.63) is 41.6 Å². The highest BCUT2D eigenvalue weighted by Crippen LogP contribution is 2.41. The normalized spacial score (nSPS) is 18.3. The number of likely N-dealkylation sites (tertiary alicyclic amines) is 2. The number of anilines is 2. The fourth-order valence-corrected chi connectivity index (χ4v) is 6.20. The van der Waals surface area contributed by atoms with E-state index in [9.17, 15) is 0 Å². The first kappa shape index (κ1) is 26.8. The van der Waals surface area contributed by atoms with Crippen molar-refractivity contribution in [3.63, 3.8) is 0 Å². The summed E-state index contributed by atoms with van der Waals surface area (Å²) < 4.78 is 8.07. The summed E-state index contributed by atoms with van der Waals surface area (Å²) in [5, 5.41) is 3.49. The van der Waals surface area contributed by atoms with Gasteiger partial charge in [0.25, 0.3) is 0 Å². The van der Waals surface area contributed by atoms with Crippen LogP contribution in [0.15, 0.2) is 30.5 Å². The lowest BCUT2D eigenvalue weighted by molar-refractivity contribution is 0.0400. The summed E-state index contributed by atoms with van der Waals surface area (Å²) in [6.07, 6.45) is 10.9. The number of fused-ring (bicyclic) bond motifs is 1. The van der Waals surface area contributed by atoms with Crippen LogP contribution in [0.2, 0.25) is 0 Å². The van der Waals surface area contributed by atoms with Crippen LogP contribution in [0.1, 0.15) is 63.0 Å². The predicted octanol–water partition coefficient (Wildman–Crippen LogP) is 4.98. The van der Waals surface area contributed by atoms with Crippen molar-refractivity contribution in [2.75, 3.05) is 57.9 Å². The van der Waals surface area contributed by atoms with Gasteiger partial charge in [0.2, 0.25) is 5.95 Å². The van der Waals surface area contributed by atoms with Crippen molar-refractivity contribution in [1.29, 1.82) is 0 Å². The number of hydrogen-bond acceptors (Lipinski definition) is 7. The Morgan fingerprint density at radius 3 is 2.50 bits per heavy atom. The summed E-state index contributed by atoms with van der Waals surface area (Å²) in [4.78, 5) is 14.1. The van der Waals surface area contributed by atoms with E-state index >= 15 is 0 Å². The molecule has 5 rings (SSSR count). The third-order valence-electron chi connectivity index (χ3n) is 8.76. The smallest absolute Gasteiger partial charge is 0.222 e. The minimum Gasteiger partial charge on any atom is -0.496 e. The molecule has 0 bridgehead atoms. The number of nitrogens with zero attached hydrogens (tertiary/aromatic N) is 5. The Balaban J connectivity index is 1.26. The van der Waals surface area contributed by atoms with Crippen molar-refractivity contribution in [2.45, 2.75) is 65.0 Å². The summed E-state index contributed by atoms with van der Waals surface area (Å²) in [6.45, 7) is 9.65. The molecule has 3 N–H and O–H groups in total. The van der Waals surface area contributed by atoms with E-state index in [4.69, 9.17) is 10.5 Å². The summed E-state index contributed by atoms with van der Waals surface area (Å²) in [5.41, 5.74) is 10.9. The molecule has 2 saturated heterocycles. The molecular weight excluding hydrogens is 474 g/mol. The minimum atomic E-state index is 0.301. The van der Waals surface area contributed by atoms with E-state index in [1.54, 1.807) is 7.11 Å². The number of methoxy groups -OCH3 is 1. The highest BCUT2D eigenvalue weighted by Gasteiger charge is 2.36. The van der Waals surface area contributed by atoms with Crippen LogP contribution in [0, 0.1) is 5.41 Å². The fraction of sp³-hybridized carbons (Fsp3) is 0.600. The molecule has 2 fully saturated rings. The Bertz CT molecular complexity index is 1200. The summed E-state index contributed by atoms with van der Waals surface area (Å²) >= 11 is 0. The number of piperidine rings is 2. The average Bonchev–Trinajstić information content (AvgIpc) is 3.33. The standard InChI is InChI=1S/C30H45N7O/c1-4-5-6-14-32-28-27-25(33-29(31)34-28)9-15-37(27)22-24-8-7-23(20-26(24)38-3)21-36-18-12-30(13-19-36)10-16-35(2)17-11-30/h7-9,15,20H,4-6,10-14,16-19,21-22H2,1-3H3,(H3,31,32,33,34). The molecule has 0 atom stereocenters. The number of ether oxygens (including phenoxy) is 1. The topological polar surface area (TPSA) is 84.5 Å². The van der Waals surface area contributed by atoms with Crippen molar-refractivity contribution < 1.29 is 4.74 Å². The van der Waals surface area contributed by atoms with Gasteiger partial charge in [-0.15, -0.1) is 0 Å². The van der Waals surface area contributed by atoms with Crippen molar-refractivity contribution in [3.8, 4) is 5.75 Å². The van der Waals surface area contributed by atoms with Crippen molar-refractivity contribution in [1.82, 2.24) is 24.3 Å². The van der Waals surface area contributed by atoms with E-state index in [0.717, 1.165) is 47.7 Å². The molecule has 2 aliphatic heterocycles. The van der Waals surface area contributed by atoms with Crippen molar-refractivity contribution >= 4 is 22.8 Å². The number of benzene rings is 1. The third kappa shape index (κ3) is 6.07. The van der Waals surface area contributed by atoms with Gasteiger partial charge in [0, 0.05) is 24.8 Å². The van der Waals surface area contributed by atoms with Gasteiger partial charge >= 0.3 is 0 Å². The molecule has 38 heavy (non-hydrogen) atoms. The van der Waals surface area contributed by atoms with Crippen LogP contribution in [0.25, 0.3) is 11.0 Å². The number of nitrogens with one attached hydrogen (secondary N) is 1. The molecular formula is C30H45N7O. The zero-order valence-corrected chi connectivity index (χ0v) is 23.5. The lowest BCUT2D eigenvalue weighted by Crippen LogP contribution is -2.45. The number of rotatable bonds is 10. The molecule has 0 amide bonds. The lowest BCUT2D eigenvalue weighted by atomic mass is 9.71. The number of nitrogens with two attached hydrogens (primary N) is 1. The predicted molar refractivity (Wildman–Crippen MR) is 156 cm³/mol. The molecule has 3 aromatic rings. The molecule has 8 heteroatoms. The van der Waals surface area contributed by atoms with Gasteiger partial charge in [-0.3, -0.25) is 4.90 Å². The third-order valence-corrected chi connectivity index (χ3v) is 8.76. The molecule has 1 aromatic carbocycles. The van der Waals surface area contributed by atoms with Crippen LogP contribution in [0.4, 0.5) is 11.8 Å². The van der Waals surface area contributed by atoms with Gasteiger partial charge in [0.05, 0.1) is 19.2 Å². The second kappa shape index (κ2) is 11.9. The van der Waals surface area contributed by atoms with Crippen LogP contribution in [0.5, 0.6) is 5.75 Å². The average molecular weight is 520 g/mol. The van der Waals surface area contributed by atoms with Gasteiger partial charge in [-0.1, -0.05) is 31.9 Å². The molecule has 0 unspecified atom stereocenters. The van der Waals surface area contributed by atoms with Crippen LogP contribution in [0.3, 0.4) is 0 Å². The summed E-state index contributed by atoms with van der Waals surface area (Å²) in [6, 6.07) is 8.72. The van der Waals surface area contributed by atoms with Crippen LogP contribution in [-0.2, 0) is 13.1 Å². The van der Waals surface area contributed by atoms with Crippen LogP contribution >= 0.6 is 0 Å². The molecule has 1 spiro atoms. The summed E-state index contributed by atoms with van der Waals surface area (Å²) in [5.74, 6) is 2.04. The molecule has 2 aliphatic rings. The number of aromatic nitrogens is 3. The first-order valence-corrected chi connectivity index (χ1v) is 14.4. The van der Waals surface area contributed by atoms with E-state index in [1.807, 2.05) is 6.07 Å². The van der Waals surface area contributed by atoms with Crippen LogP contribution < -0.4 is 15.8 Å². The second-order valence-corrected chi connectivity index (χ2v) is 11.5. The molecule has 0 radical (unpaired) electrons. The quantitative estimate of drug-likeness (QED) is 0.366. The second-order valence-electron chi connectivity index (χ2n) is 11.5. The Morgan fingerprint density at radius 1 is 1.00 bits per heavy atom. The maximum atomic E-state index is 6.00. The first-order valence-electron chi connectivity index (χ1n) is 14.4. The molecule has 4 heterocycles. The SMILES string of the molecule is CCCCCNc1nc(N)nc2ccn(Cc3ccc(CN4CCC5(CCN(C)CC5)CC4)cc3OC)c12. The largest absolute Gasteiger partial charge is 0.496 e.